The van der Waals surface area contributed by atoms with Crippen molar-refractivity contribution < 1.29 is 14.7 Å². The van der Waals surface area contributed by atoms with E-state index in [-0.39, 0.29) is 17.5 Å². The maximum atomic E-state index is 12.5. The predicted molar refractivity (Wildman–Crippen MR) is 81.6 cm³/mol. The molecule has 0 aliphatic carbocycles. The normalized spacial score (nSPS) is 21.7. The summed E-state index contributed by atoms with van der Waals surface area (Å²) in [6.07, 6.45) is 0.792. The van der Waals surface area contributed by atoms with Crippen LogP contribution in [0.4, 0.5) is 0 Å². The summed E-state index contributed by atoms with van der Waals surface area (Å²) in [5.74, 6) is 1.08. The number of fused-ring (bicyclic) bond motifs is 1. The number of carbonyl (C=O) groups excluding carboxylic acids is 1. The molecule has 2 aliphatic rings. The Kier molecular flexibility index (Phi) is 4.17. The molecule has 1 saturated heterocycles. The molecule has 1 atom stereocenters. The van der Waals surface area contributed by atoms with E-state index in [1.165, 1.54) is 0 Å². The summed E-state index contributed by atoms with van der Waals surface area (Å²) >= 11 is 1.80. The second-order valence-corrected chi connectivity index (χ2v) is 6.53. The van der Waals surface area contributed by atoms with Crippen LogP contribution in [0.2, 0.25) is 0 Å². The van der Waals surface area contributed by atoms with Gasteiger partial charge >= 0.3 is 5.97 Å². The molecule has 0 radical (unpaired) electrons. The molecule has 2 aliphatic heterocycles. The molecule has 0 aromatic heterocycles. The third kappa shape index (κ3) is 3.06. The highest BCUT2D eigenvalue weighted by Crippen LogP contribution is 2.22. The summed E-state index contributed by atoms with van der Waals surface area (Å²) in [5.41, 5.74) is 2.39. The van der Waals surface area contributed by atoms with Crippen molar-refractivity contribution in [3.63, 3.8) is 0 Å². The Labute approximate surface area is 127 Å². The number of carboxylic acid groups (broad SMARTS) is 1. The molecule has 1 aromatic carbocycles. The van der Waals surface area contributed by atoms with E-state index < -0.39 is 5.97 Å². The summed E-state index contributed by atoms with van der Waals surface area (Å²) in [6.45, 7) is 2.09. The van der Waals surface area contributed by atoms with Crippen molar-refractivity contribution in [2.24, 2.45) is 0 Å². The van der Waals surface area contributed by atoms with Gasteiger partial charge in [-0.05, 0) is 29.7 Å². The van der Waals surface area contributed by atoms with Crippen LogP contribution in [0.1, 0.15) is 21.5 Å². The minimum absolute atomic E-state index is 0.104. The number of benzene rings is 1. The fourth-order valence-electron chi connectivity index (χ4n) is 2.82. The molecule has 1 aromatic rings. The zero-order valence-corrected chi connectivity index (χ0v) is 12.5. The summed E-state index contributed by atoms with van der Waals surface area (Å²) < 4.78 is 0. The van der Waals surface area contributed by atoms with Crippen molar-refractivity contribution in [2.45, 2.75) is 19.0 Å². The number of nitrogens with zero attached hydrogens (tertiary/aromatic N) is 1. The zero-order valence-electron chi connectivity index (χ0n) is 11.7. The number of hydrogen-bond donors (Lipinski definition) is 2. The number of carboxylic acids is 1. The Morgan fingerprint density at radius 3 is 2.90 bits per heavy atom. The van der Waals surface area contributed by atoms with Crippen LogP contribution < -0.4 is 5.32 Å². The van der Waals surface area contributed by atoms with Crippen LogP contribution in [-0.2, 0) is 17.8 Å². The number of carbonyl (C=O) groups is 2. The standard InChI is InChI=1S/C15H18N2O3S/c18-14(13-9-21-6-4-16-13)17-5-3-10-1-2-11(15(19)20)7-12(10)8-17/h1-2,7,13,16H,3-6,8-9H2,(H,19,20). The van der Waals surface area contributed by atoms with Crippen LogP contribution in [0.25, 0.3) is 0 Å². The Balaban J connectivity index is 1.75. The highest BCUT2D eigenvalue weighted by atomic mass is 32.2. The second kappa shape index (κ2) is 6.07. The SMILES string of the molecule is O=C(O)c1ccc2c(c1)CN(C(=O)C1CSCCN1)CC2. The predicted octanol–water partition coefficient (Wildman–Crippen LogP) is 0.974. The number of rotatable bonds is 2. The lowest BCUT2D eigenvalue weighted by Gasteiger charge is -2.33. The van der Waals surface area contributed by atoms with Gasteiger partial charge in [-0.25, -0.2) is 4.79 Å². The van der Waals surface area contributed by atoms with Gasteiger partial charge in [-0.1, -0.05) is 6.07 Å². The topological polar surface area (TPSA) is 69.6 Å². The highest BCUT2D eigenvalue weighted by Gasteiger charge is 2.28. The van der Waals surface area contributed by atoms with Crippen molar-refractivity contribution in [1.29, 1.82) is 0 Å². The average Bonchev–Trinajstić information content (AvgIpc) is 2.54. The molecule has 1 fully saturated rings. The van der Waals surface area contributed by atoms with E-state index in [0.29, 0.717) is 13.1 Å². The minimum Gasteiger partial charge on any atom is -0.478 e. The Bertz CT molecular complexity index is 570. The van der Waals surface area contributed by atoms with Gasteiger partial charge in [-0.2, -0.15) is 11.8 Å². The van der Waals surface area contributed by atoms with Gasteiger partial charge in [0.2, 0.25) is 5.91 Å². The third-order valence-electron chi connectivity index (χ3n) is 4.00. The van der Waals surface area contributed by atoms with Gasteiger partial charge in [0, 0.05) is 31.1 Å². The summed E-state index contributed by atoms with van der Waals surface area (Å²) in [6, 6.07) is 5.10. The van der Waals surface area contributed by atoms with Crippen molar-refractivity contribution in [1.82, 2.24) is 10.2 Å². The van der Waals surface area contributed by atoms with Crippen LogP contribution in [0.15, 0.2) is 18.2 Å². The van der Waals surface area contributed by atoms with Gasteiger partial charge in [-0.3, -0.25) is 4.79 Å². The van der Waals surface area contributed by atoms with Crippen LogP contribution in [0.5, 0.6) is 0 Å². The largest absolute Gasteiger partial charge is 0.478 e. The second-order valence-electron chi connectivity index (χ2n) is 5.38. The first-order chi connectivity index (χ1) is 10.1. The van der Waals surface area contributed by atoms with E-state index in [0.717, 1.165) is 35.6 Å². The molecule has 2 heterocycles. The summed E-state index contributed by atoms with van der Waals surface area (Å²) in [4.78, 5) is 25.4. The van der Waals surface area contributed by atoms with Gasteiger partial charge in [0.15, 0.2) is 0 Å². The third-order valence-corrected chi connectivity index (χ3v) is 5.06. The van der Waals surface area contributed by atoms with Gasteiger partial charge < -0.3 is 15.3 Å². The van der Waals surface area contributed by atoms with Crippen molar-refractivity contribution in [3.8, 4) is 0 Å². The monoisotopic (exact) mass is 306 g/mol. The lowest BCUT2D eigenvalue weighted by atomic mass is 9.97. The number of thioether (sulfide) groups is 1. The van der Waals surface area contributed by atoms with Crippen molar-refractivity contribution in [2.75, 3.05) is 24.6 Å². The van der Waals surface area contributed by atoms with Crippen LogP contribution in [-0.4, -0.2) is 52.5 Å². The number of nitrogens with one attached hydrogen (secondary N) is 1. The molecular weight excluding hydrogens is 288 g/mol. The molecular formula is C15H18N2O3S. The minimum atomic E-state index is -0.924. The van der Waals surface area contributed by atoms with Gasteiger partial charge in [0.1, 0.15) is 0 Å². The summed E-state index contributed by atoms with van der Waals surface area (Å²) in [5, 5.41) is 12.3. The van der Waals surface area contributed by atoms with E-state index in [1.807, 2.05) is 11.0 Å². The van der Waals surface area contributed by atoms with E-state index in [4.69, 9.17) is 5.11 Å². The maximum Gasteiger partial charge on any atom is 0.335 e. The molecule has 6 heteroatoms. The van der Waals surface area contributed by atoms with Crippen LogP contribution in [0.3, 0.4) is 0 Å². The van der Waals surface area contributed by atoms with E-state index in [1.54, 1.807) is 23.9 Å². The summed E-state index contributed by atoms with van der Waals surface area (Å²) in [7, 11) is 0. The molecule has 0 spiro atoms. The molecule has 21 heavy (non-hydrogen) atoms. The molecule has 2 N–H and O–H groups in total. The highest BCUT2D eigenvalue weighted by molar-refractivity contribution is 7.99. The Morgan fingerprint density at radius 2 is 2.19 bits per heavy atom. The van der Waals surface area contributed by atoms with Gasteiger partial charge in [-0.15, -0.1) is 0 Å². The van der Waals surface area contributed by atoms with E-state index in [9.17, 15) is 9.59 Å². The lowest BCUT2D eigenvalue weighted by molar-refractivity contribution is -0.133. The molecule has 5 nitrogen and oxygen atoms in total. The maximum absolute atomic E-state index is 12.5. The number of hydrogen-bond acceptors (Lipinski definition) is 4. The van der Waals surface area contributed by atoms with Crippen LogP contribution >= 0.6 is 11.8 Å². The molecule has 1 amide bonds. The van der Waals surface area contributed by atoms with E-state index in [2.05, 4.69) is 5.32 Å². The molecule has 3 rings (SSSR count). The molecule has 112 valence electrons. The van der Waals surface area contributed by atoms with Crippen molar-refractivity contribution >= 4 is 23.6 Å². The Hall–Kier alpha value is -1.53. The quantitative estimate of drug-likeness (QED) is 0.852. The molecule has 0 bridgehead atoms. The first kappa shape index (κ1) is 14.4. The number of amides is 1. The molecule has 0 saturated carbocycles. The number of aromatic carboxylic acids is 1. The van der Waals surface area contributed by atoms with Gasteiger partial charge in [0.05, 0.1) is 11.6 Å². The van der Waals surface area contributed by atoms with Gasteiger partial charge in [0.25, 0.3) is 0 Å². The fraction of sp³-hybridized carbons (Fsp3) is 0.467. The fourth-order valence-corrected chi connectivity index (χ4v) is 3.75. The first-order valence-corrected chi connectivity index (χ1v) is 8.25. The lowest BCUT2D eigenvalue weighted by Crippen LogP contribution is -2.51. The zero-order chi connectivity index (χ0) is 14.8. The van der Waals surface area contributed by atoms with Crippen molar-refractivity contribution in [3.05, 3.63) is 34.9 Å². The Morgan fingerprint density at radius 1 is 1.33 bits per heavy atom. The average molecular weight is 306 g/mol. The smallest absolute Gasteiger partial charge is 0.335 e. The van der Waals surface area contributed by atoms with Crippen LogP contribution in [0, 0.1) is 0 Å². The molecule has 1 unspecified atom stereocenters. The van der Waals surface area contributed by atoms with E-state index >= 15 is 0 Å². The first-order valence-electron chi connectivity index (χ1n) is 7.10.